The predicted octanol–water partition coefficient (Wildman–Crippen LogP) is 6.69. The molecule has 6 heteroatoms. The van der Waals surface area contributed by atoms with E-state index in [0.717, 1.165) is 67.5 Å². The quantitative estimate of drug-likeness (QED) is 0.150. The number of rotatable bonds is 11. The molecule has 0 atom stereocenters. The van der Waals surface area contributed by atoms with E-state index in [-0.39, 0.29) is 5.97 Å². The van der Waals surface area contributed by atoms with Gasteiger partial charge in [0, 0.05) is 19.6 Å². The van der Waals surface area contributed by atoms with Crippen LogP contribution < -0.4 is 14.2 Å². The molecule has 0 spiro atoms. The van der Waals surface area contributed by atoms with Gasteiger partial charge in [0.2, 0.25) is 0 Å². The van der Waals surface area contributed by atoms with E-state index in [1.165, 1.54) is 11.1 Å². The van der Waals surface area contributed by atoms with Crippen LogP contribution in [0.15, 0.2) is 109 Å². The van der Waals surface area contributed by atoms with Crippen molar-refractivity contribution in [1.82, 2.24) is 4.90 Å². The average molecular weight is 564 g/mol. The Morgan fingerprint density at radius 3 is 1.95 bits per heavy atom. The largest absolute Gasteiger partial charge is 0.497 e. The molecule has 5 rings (SSSR count). The van der Waals surface area contributed by atoms with Crippen molar-refractivity contribution in [3.8, 4) is 17.2 Å². The summed E-state index contributed by atoms with van der Waals surface area (Å²) in [5, 5.41) is 0. The van der Waals surface area contributed by atoms with Crippen molar-refractivity contribution in [2.75, 3.05) is 46.6 Å². The van der Waals surface area contributed by atoms with Crippen LogP contribution in [0.1, 0.15) is 34.0 Å². The Hall–Kier alpha value is -4.39. The van der Waals surface area contributed by atoms with Gasteiger partial charge in [-0.15, -0.1) is 0 Å². The molecule has 0 bridgehead atoms. The Kier molecular flexibility index (Phi) is 10.0. The number of nitrogens with zero attached hydrogens (tertiary/aromatic N) is 1. The molecule has 4 aromatic rings. The number of hydrogen-bond acceptors (Lipinski definition) is 6. The fraction of sp³-hybridized carbons (Fsp3) is 0.250. The standard InChI is InChI=1S/C36H37NO5/c1-27(26-28-8-14-32(39-2)15-9-28)35(29-10-16-33(17-11-29)41-25-22-37-20-23-40-24-21-37)30-12-18-34(19-13-30)42-36(38)31-6-4-3-5-7-31/h3-19H,20-26H2,1-2H3/b35-27-. The fourth-order valence-electron chi connectivity index (χ4n) is 5.06. The van der Waals surface area contributed by atoms with Gasteiger partial charge in [-0.05, 0) is 84.1 Å². The second-order valence-corrected chi connectivity index (χ2v) is 10.3. The van der Waals surface area contributed by atoms with E-state index in [1.807, 2.05) is 66.7 Å². The van der Waals surface area contributed by atoms with Gasteiger partial charge in [0.25, 0.3) is 0 Å². The van der Waals surface area contributed by atoms with Gasteiger partial charge >= 0.3 is 5.97 Å². The van der Waals surface area contributed by atoms with E-state index in [9.17, 15) is 4.79 Å². The number of carbonyl (C=O) groups excluding carboxylic acids is 1. The molecule has 0 amide bonds. The number of carbonyl (C=O) groups is 1. The van der Waals surface area contributed by atoms with Crippen molar-refractivity contribution in [3.63, 3.8) is 0 Å². The summed E-state index contributed by atoms with van der Waals surface area (Å²) in [6.07, 6.45) is 0.780. The normalized spacial score (nSPS) is 14.1. The number of allylic oxidation sites excluding steroid dienone is 1. The third-order valence-corrected chi connectivity index (χ3v) is 7.34. The lowest BCUT2D eigenvalue weighted by Crippen LogP contribution is -2.38. The Bertz CT molecular complexity index is 1460. The lowest BCUT2D eigenvalue weighted by atomic mass is 9.90. The zero-order chi connectivity index (χ0) is 29.1. The molecule has 6 nitrogen and oxygen atoms in total. The number of morpholine rings is 1. The van der Waals surface area contributed by atoms with Crippen LogP contribution in [0.3, 0.4) is 0 Å². The maximum Gasteiger partial charge on any atom is 0.343 e. The Labute approximate surface area is 248 Å². The van der Waals surface area contributed by atoms with Crippen LogP contribution >= 0.6 is 0 Å². The first-order chi connectivity index (χ1) is 20.6. The average Bonchev–Trinajstić information content (AvgIpc) is 3.04. The summed E-state index contributed by atoms with van der Waals surface area (Å²) in [5.41, 5.74) is 6.20. The van der Waals surface area contributed by atoms with Crippen LogP contribution in [0.25, 0.3) is 5.57 Å². The van der Waals surface area contributed by atoms with Crippen LogP contribution in [-0.2, 0) is 11.2 Å². The van der Waals surface area contributed by atoms with Gasteiger partial charge in [-0.1, -0.05) is 60.2 Å². The predicted molar refractivity (Wildman–Crippen MR) is 165 cm³/mol. The summed E-state index contributed by atoms with van der Waals surface area (Å²) in [6, 6.07) is 33.2. The summed E-state index contributed by atoms with van der Waals surface area (Å²) in [4.78, 5) is 14.9. The second-order valence-electron chi connectivity index (χ2n) is 10.3. The zero-order valence-corrected chi connectivity index (χ0v) is 24.3. The molecule has 0 aromatic heterocycles. The summed E-state index contributed by atoms with van der Waals surface area (Å²) < 4.78 is 22.4. The van der Waals surface area contributed by atoms with Gasteiger partial charge in [0.15, 0.2) is 0 Å². The molecular formula is C36H37NO5. The van der Waals surface area contributed by atoms with Crippen molar-refractivity contribution in [3.05, 3.63) is 131 Å². The summed E-state index contributed by atoms with van der Waals surface area (Å²) in [6.45, 7) is 7.17. The maximum atomic E-state index is 12.5. The minimum atomic E-state index is -0.376. The molecule has 0 saturated carbocycles. The van der Waals surface area contributed by atoms with Crippen molar-refractivity contribution in [2.24, 2.45) is 0 Å². The lowest BCUT2D eigenvalue weighted by Gasteiger charge is -2.26. The Morgan fingerprint density at radius 2 is 1.33 bits per heavy atom. The van der Waals surface area contributed by atoms with Crippen molar-refractivity contribution in [2.45, 2.75) is 13.3 Å². The van der Waals surface area contributed by atoms with Gasteiger partial charge in [0.05, 0.1) is 25.9 Å². The molecule has 1 saturated heterocycles. The molecule has 4 aromatic carbocycles. The zero-order valence-electron chi connectivity index (χ0n) is 24.3. The van der Waals surface area contributed by atoms with E-state index in [1.54, 1.807) is 19.2 Å². The molecule has 1 heterocycles. The maximum absolute atomic E-state index is 12.5. The van der Waals surface area contributed by atoms with E-state index in [4.69, 9.17) is 18.9 Å². The van der Waals surface area contributed by atoms with Gasteiger partial charge in [-0.2, -0.15) is 0 Å². The lowest BCUT2D eigenvalue weighted by molar-refractivity contribution is 0.0322. The highest BCUT2D eigenvalue weighted by atomic mass is 16.5. The smallest absolute Gasteiger partial charge is 0.343 e. The first-order valence-corrected chi connectivity index (χ1v) is 14.3. The van der Waals surface area contributed by atoms with Crippen LogP contribution in [0, 0.1) is 0 Å². The molecule has 216 valence electrons. The Balaban J connectivity index is 1.35. The van der Waals surface area contributed by atoms with Gasteiger partial charge < -0.3 is 18.9 Å². The first kappa shape index (κ1) is 29.1. The third kappa shape index (κ3) is 7.87. The first-order valence-electron chi connectivity index (χ1n) is 14.3. The van der Waals surface area contributed by atoms with Gasteiger partial charge in [-0.25, -0.2) is 4.79 Å². The van der Waals surface area contributed by atoms with Crippen LogP contribution in [-0.4, -0.2) is 57.4 Å². The molecule has 0 radical (unpaired) electrons. The highest BCUT2D eigenvalue weighted by Gasteiger charge is 2.14. The molecule has 1 aliphatic rings. The van der Waals surface area contributed by atoms with Crippen LogP contribution in [0.2, 0.25) is 0 Å². The number of esters is 1. The molecule has 0 aliphatic carbocycles. The van der Waals surface area contributed by atoms with E-state index in [2.05, 4.69) is 36.1 Å². The topological polar surface area (TPSA) is 57.2 Å². The second kappa shape index (κ2) is 14.5. The molecular weight excluding hydrogens is 526 g/mol. The SMILES string of the molecule is COc1ccc(C/C(C)=C(/c2ccc(OCCN3CCOCC3)cc2)c2ccc(OC(=O)c3ccccc3)cc2)cc1. The summed E-state index contributed by atoms with van der Waals surface area (Å²) >= 11 is 0. The molecule has 42 heavy (non-hydrogen) atoms. The van der Waals surface area contributed by atoms with E-state index < -0.39 is 0 Å². The fourth-order valence-corrected chi connectivity index (χ4v) is 5.06. The number of hydrogen-bond donors (Lipinski definition) is 0. The van der Waals surface area contributed by atoms with Gasteiger partial charge in [-0.3, -0.25) is 4.90 Å². The number of benzene rings is 4. The minimum Gasteiger partial charge on any atom is -0.497 e. The minimum absolute atomic E-state index is 0.376. The number of ether oxygens (including phenoxy) is 4. The van der Waals surface area contributed by atoms with Crippen molar-refractivity contribution >= 4 is 11.5 Å². The highest BCUT2D eigenvalue weighted by molar-refractivity contribution is 5.91. The van der Waals surface area contributed by atoms with Crippen molar-refractivity contribution in [1.29, 1.82) is 0 Å². The highest BCUT2D eigenvalue weighted by Crippen LogP contribution is 2.31. The van der Waals surface area contributed by atoms with Crippen molar-refractivity contribution < 1.29 is 23.7 Å². The molecule has 0 unspecified atom stereocenters. The third-order valence-electron chi connectivity index (χ3n) is 7.34. The van der Waals surface area contributed by atoms with Crippen LogP contribution in [0.4, 0.5) is 0 Å². The summed E-state index contributed by atoms with van der Waals surface area (Å²) in [5.74, 6) is 1.82. The molecule has 1 fully saturated rings. The Morgan fingerprint density at radius 1 is 0.738 bits per heavy atom. The molecule has 0 N–H and O–H groups in total. The number of methoxy groups -OCH3 is 1. The van der Waals surface area contributed by atoms with Gasteiger partial charge in [0.1, 0.15) is 23.9 Å². The molecule has 1 aliphatic heterocycles. The summed E-state index contributed by atoms with van der Waals surface area (Å²) in [7, 11) is 1.68. The monoisotopic (exact) mass is 563 g/mol. The van der Waals surface area contributed by atoms with E-state index >= 15 is 0 Å². The van der Waals surface area contributed by atoms with Crippen LogP contribution in [0.5, 0.6) is 17.2 Å². The van der Waals surface area contributed by atoms with E-state index in [0.29, 0.717) is 17.9 Å².